The Bertz CT molecular complexity index is 1350. The first-order valence-corrected chi connectivity index (χ1v) is 10.0. The Labute approximate surface area is 178 Å². The summed E-state index contributed by atoms with van der Waals surface area (Å²) in [5, 5.41) is 2.99. The molecule has 5 nitrogen and oxygen atoms in total. The third kappa shape index (κ3) is 3.71. The van der Waals surface area contributed by atoms with E-state index in [-0.39, 0.29) is 22.8 Å². The van der Waals surface area contributed by atoms with E-state index >= 15 is 0 Å². The minimum Gasteiger partial charge on any atom is -0.320 e. The number of nitrogens with one attached hydrogen (secondary N) is 1. The molecular weight excluding hydrogens is 432 g/mol. The molecule has 0 radical (unpaired) electrons. The number of carbonyl (C=O) groups excluding carboxylic acids is 1. The molecule has 2 aromatic carbocycles. The van der Waals surface area contributed by atoms with Gasteiger partial charge in [-0.25, -0.2) is 13.8 Å². The van der Waals surface area contributed by atoms with E-state index in [4.69, 9.17) is 11.6 Å². The Morgan fingerprint density at radius 1 is 1.23 bits per heavy atom. The molecule has 2 heterocycles. The lowest BCUT2D eigenvalue weighted by Crippen LogP contribution is -2.21. The van der Waals surface area contributed by atoms with Crippen LogP contribution in [0.2, 0.25) is 5.02 Å². The lowest BCUT2D eigenvalue weighted by atomic mass is 10.2. The fraction of sp³-hybridized carbons (Fsp3) is 0.0952. The summed E-state index contributed by atoms with van der Waals surface area (Å²) in [6.45, 7) is 1.67. The first-order chi connectivity index (χ1) is 14.3. The van der Waals surface area contributed by atoms with E-state index in [1.807, 2.05) is 0 Å². The van der Waals surface area contributed by atoms with Crippen LogP contribution >= 0.6 is 22.9 Å². The van der Waals surface area contributed by atoms with Crippen LogP contribution in [0, 0.1) is 18.6 Å². The van der Waals surface area contributed by atoms with Crippen molar-refractivity contribution >= 4 is 44.7 Å². The molecule has 0 fully saturated rings. The Hall–Kier alpha value is -3.10. The molecule has 0 spiro atoms. The van der Waals surface area contributed by atoms with Gasteiger partial charge in [-0.1, -0.05) is 29.8 Å². The average molecular weight is 446 g/mol. The van der Waals surface area contributed by atoms with Crippen LogP contribution in [0.4, 0.5) is 14.5 Å². The number of nitrogens with zero attached hydrogens (tertiary/aromatic N) is 2. The minimum atomic E-state index is -0.518. The van der Waals surface area contributed by atoms with Crippen LogP contribution in [0.15, 0.2) is 53.6 Å². The number of hydrogen-bond donors (Lipinski definition) is 1. The van der Waals surface area contributed by atoms with Gasteiger partial charge in [-0.3, -0.25) is 14.2 Å². The fourth-order valence-corrected chi connectivity index (χ4v) is 4.32. The lowest BCUT2D eigenvalue weighted by molar-refractivity contribution is 0.103. The zero-order valence-corrected chi connectivity index (χ0v) is 17.2. The lowest BCUT2D eigenvalue weighted by Gasteiger charge is -2.07. The summed E-state index contributed by atoms with van der Waals surface area (Å²) in [5.74, 6) is -1.41. The first kappa shape index (κ1) is 20.2. The van der Waals surface area contributed by atoms with Crippen LogP contribution in [-0.2, 0) is 6.54 Å². The maximum absolute atomic E-state index is 14.0. The normalized spacial score (nSPS) is 11.1. The zero-order chi connectivity index (χ0) is 21.4. The van der Waals surface area contributed by atoms with Gasteiger partial charge in [0.1, 0.15) is 16.5 Å². The summed E-state index contributed by atoms with van der Waals surface area (Å²) >= 11 is 7.03. The molecule has 0 saturated heterocycles. The minimum absolute atomic E-state index is 0.0243. The van der Waals surface area contributed by atoms with Gasteiger partial charge in [-0.2, -0.15) is 0 Å². The maximum Gasteiger partial charge on any atom is 0.266 e. The summed E-state index contributed by atoms with van der Waals surface area (Å²) in [6.07, 6.45) is 1.34. The van der Waals surface area contributed by atoms with Gasteiger partial charge in [0.05, 0.1) is 33.8 Å². The summed E-state index contributed by atoms with van der Waals surface area (Å²) in [7, 11) is 0. The Morgan fingerprint density at radius 3 is 2.73 bits per heavy atom. The molecule has 0 unspecified atom stereocenters. The Kier molecular flexibility index (Phi) is 5.36. The number of anilines is 1. The van der Waals surface area contributed by atoms with E-state index in [1.165, 1.54) is 29.1 Å². The largest absolute Gasteiger partial charge is 0.320 e. The molecular formula is C21H14ClF2N3O2S. The van der Waals surface area contributed by atoms with Crippen molar-refractivity contribution in [1.29, 1.82) is 0 Å². The van der Waals surface area contributed by atoms with Crippen molar-refractivity contribution in [2.24, 2.45) is 0 Å². The number of rotatable bonds is 4. The number of aromatic nitrogens is 2. The molecule has 0 bridgehead atoms. The summed E-state index contributed by atoms with van der Waals surface area (Å²) in [6, 6.07) is 9.82. The second kappa shape index (κ2) is 7.97. The molecule has 152 valence electrons. The second-order valence-corrected chi connectivity index (χ2v) is 7.99. The van der Waals surface area contributed by atoms with Gasteiger partial charge in [-0.05, 0) is 36.8 Å². The van der Waals surface area contributed by atoms with Crippen LogP contribution in [0.25, 0.3) is 10.2 Å². The number of hydrogen-bond acceptors (Lipinski definition) is 4. The predicted molar refractivity (Wildman–Crippen MR) is 113 cm³/mol. The van der Waals surface area contributed by atoms with Crippen molar-refractivity contribution in [3.05, 3.63) is 91.8 Å². The highest BCUT2D eigenvalue weighted by Gasteiger charge is 2.20. The van der Waals surface area contributed by atoms with Crippen LogP contribution in [-0.4, -0.2) is 15.5 Å². The molecule has 0 aliphatic heterocycles. The topological polar surface area (TPSA) is 64.0 Å². The molecule has 0 aliphatic rings. The number of amides is 1. The van der Waals surface area contributed by atoms with Crippen molar-refractivity contribution in [3.63, 3.8) is 0 Å². The molecule has 0 aliphatic carbocycles. The van der Waals surface area contributed by atoms with Crippen molar-refractivity contribution in [2.75, 3.05) is 5.32 Å². The number of aryl methyl sites for hydroxylation is 1. The van der Waals surface area contributed by atoms with Gasteiger partial charge < -0.3 is 5.32 Å². The molecule has 0 atom stereocenters. The maximum atomic E-state index is 14.0. The SMILES string of the molecule is Cc1c(C(=O)Nc2ccc(F)cc2Cl)sc2ncn(Cc3ccccc3F)c(=O)c12. The van der Waals surface area contributed by atoms with Crippen molar-refractivity contribution in [2.45, 2.75) is 13.5 Å². The molecule has 9 heteroatoms. The van der Waals surface area contributed by atoms with Crippen LogP contribution < -0.4 is 10.9 Å². The molecule has 1 N–H and O–H groups in total. The van der Waals surface area contributed by atoms with Gasteiger partial charge in [0.2, 0.25) is 0 Å². The molecule has 2 aromatic heterocycles. The van der Waals surface area contributed by atoms with Crippen LogP contribution in [0.1, 0.15) is 20.8 Å². The third-order valence-electron chi connectivity index (χ3n) is 4.60. The number of thiophene rings is 1. The highest BCUT2D eigenvalue weighted by Crippen LogP contribution is 2.29. The molecule has 4 aromatic rings. The second-order valence-electron chi connectivity index (χ2n) is 6.58. The standard InChI is InChI=1S/C21H14ClF2N3O2S/c1-11-17-20(25-10-27(21(17)29)9-12-4-2-3-5-15(12)24)30-18(11)19(28)26-16-7-6-13(23)8-14(16)22/h2-8,10H,9H2,1H3,(H,26,28). The highest BCUT2D eigenvalue weighted by atomic mass is 35.5. The number of carbonyl (C=O) groups is 1. The van der Waals surface area contributed by atoms with E-state index in [0.717, 1.165) is 17.4 Å². The first-order valence-electron chi connectivity index (χ1n) is 8.83. The van der Waals surface area contributed by atoms with Gasteiger partial charge in [0.15, 0.2) is 0 Å². The molecule has 1 amide bonds. The summed E-state index contributed by atoms with van der Waals surface area (Å²) in [5.41, 5.74) is 0.712. The summed E-state index contributed by atoms with van der Waals surface area (Å²) < 4.78 is 28.5. The molecule has 4 rings (SSSR count). The number of benzene rings is 2. The van der Waals surface area contributed by atoms with E-state index in [2.05, 4.69) is 10.3 Å². The molecule has 0 saturated carbocycles. The monoisotopic (exact) mass is 445 g/mol. The number of halogens is 3. The Balaban J connectivity index is 1.70. The van der Waals surface area contributed by atoms with Crippen molar-refractivity contribution in [1.82, 2.24) is 9.55 Å². The quantitative estimate of drug-likeness (QED) is 0.481. The van der Waals surface area contributed by atoms with Crippen LogP contribution in [0.3, 0.4) is 0 Å². The highest BCUT2D eigenvalue weighted by molar-refractivity contribution is 7.20. The van der Waals surface area contributed by atoms with E-state index < -0.39 is 17.5 Å². The van der Waals surface area contributed by atoms with Gasteiger partial charge >= 0.3 is 0 Å². The smallest absolute Gasteiger partial charge is 0.266 e. The van der Waals surface area contributed by atoms with E-state index in [9.17, 15) is 18.4 Å². The van der Waals surface area contributed by atoms with E-state index in [0.29, 0.717) is 26.2 Å². The molecule has 30 heavy (non-hydrogen) atoms. The van der Waals surface area contributed by atoms with Crippen molar-refractivity contribution in [3.8, 4) is 0 Å². The zero-order valence-electron chi connectivity index (χ0n) is 15.6. The number of fused-ring (bicyclic) bond motifs is 1. The van der Waals surface area contributed by atoms with Crippen LogP contribution in [0.5, 0.6) is 0 Å². The van der Waals surface area contributed by atoms with Crippen molar-refractivity contribution < 1.29 is 13.6 Å². The summed E-state index contributed by atoms with van der Waals surface area (Å²) in [4.78, 5) is 30.7. The Morgan fingerprint density at radius 2 is 2.00 bits per heavy atom. The van der Waals surface area contributed by atoms with Gasteiger partial charge in [-0.15, -0.1) is 11.3 Å². The van der Waals surface area contributed by atoms with E-state index in [1.54, 1.807) is 25.1 Å². The van der Waals surface area contributed by atoms with Gasteiger partial charge in [0.25, 0.3) is 11.5 Å². The third-order valence-corrected chi connectivity index (χ3v) is 6.11. The van der Waals surface area contributed by atoms with Gasteiger partial charge in [0, 0.05) is 5.56 Å². The fourth-order valence-electron chi connectivity index (χ4n) is 3.07. The average Bonchev–Trinajstić information content (AvgIpc) is 3.05. The predicted octanol–water partition coefficient (Wildman–Crippen LogP) is 5.00.